The topological polar surface area (TPSA) is 35.2 Å². The molecular formula is C11H27NO. The van der Waals surface area contributed by atoms with Crippen LogP contribution in [0.4, 0.5) is 0 Å². The minimum Gasteiger partial charge on any atom is -0.375 e. The first-order valence-corrected chi connectivity index (χ1v) is 5.51. The normalized spacial score (nSPS) is 10.2. The van der Waals surface area contributed by atoms with E-state index in [0.29, 0.717) is 12.2 Å². The molecule has 2 nitrogen and oxygen atoms in total. The second-order valence-corrected chi connectivity index (χ2v) is 3.01. The number of nitrogens with two attached hydrogens (primary N) is 1. The van der Waals surface area contributed by atoms with Crippen molar-refractivity contribution in [3.8, 4) is 0 Å². The Morgan fingerprint density at radius 2 is 1.00 bits per heavy atom. The average Bonchev–Trinajstić information content (AvgIpc) is 2.23. The van der Waals surface area contributed by atoms with Crippen LogP contribution >= 0.6 is 0 Å². The van der Waals surface area contributed by atoms with Gasteiger partial charge in [-0.25, -0.2) is 0 Å². The van der Waals surface area contributed by atoms with Gasteiger partial charge in [0.15, 0.2) is 0 Å². The summed E-state index contributed by atoms with van der Waals surface area (Å²) in [7, 11) is 1.50. The molecule has 82 valence electrons. The predicted molar refractivity (Wildman–Crippen MR) is 59.9 cm³/mol. The summed E-state index contributed by atoms with van der Waals surface area (Å²) in [5, 5.41) is 0. The first kappa shape index (κ1) is 15.4. The van der Waals surface area contributed by atoms with E-state index >= 15 is 0 Å². The fourth-order valence-corrected chi connectivity index (χ4v) is 1.23. The second kappa shape index (κ2) is 11.9. The van der Waals surface area contributed by atoms with Gasteiger partial charge in [-0.15, -0.1) is 0 Å². The van der Waals surface area contributed by atoms with Crippen LogP contribution in [0.15, 0.2) is 0 Å². The fraction of sp³-hybridized carbons (Fsp3) is 1.00. The number of hydrogen-bond acceptors (Lipinski definition) is 2. The molecule has 0 aliphatic rings. The molecular weight excluding hydrogens is 162 g/mol. The van der Waals surface area contributed by atoms with Crippen molar-refractivity contribution >= 4 is 0 Å². The van der Waals surface area contributed by atoms with Gasteiger partial charge in [0.1, 0.15) is 0 Å². The SMILES string of the molecule is CCC(CC)OC(CC)CC.CN. The molecule has 0 aromatic rings. The summed E-state index contributed by atoms with van der Waals surface area (Å²) in [6, 6.07) is 0. The zero-order valence-corrected chi connectivity index (χ0v) is 9.97. The van der Waals surface area contributed by atoms with Gasteiger partial charge in [0.2, 0.25) is 0 Å². The van der Waals surface area contributed by atoms with Crippen LogP contribution in [0.5, 0.6) is 0 Å². The van der Waals surface area contributed by atoms with Gasteiger partial charge < -0.3 is 10.5 Å². The van der Waals surface area contributed by atoms with Gasteiger partial charge in [-0.05, 0) is 32.7 Å². The Labute approximate surface area is 83.8 Å². The number of rotatable bonds is 6. The lowest BCUT2D eigenvalue weighted by atomic mass is 10.2. The summed E-state index contributed by atoms with van der Waals surface area (Å²) >= 11 is 0. The molecule has 0 rings (SSSR count). The van der Waals surface area contributed by atoms with E-state index in [1.54, 1.807) is 0 Å². The molecule has 2 heteroatoms. The first-order chi connectivity index (χ1) is 6.28. The molecule has 0 aliphatic heterocycles. The highest BCUT2D eigenvalue weighted by Crippen LogP contribution is 2.11. The Bertz CT molecular complexity index is 68.2. The summed E-state index contributed by atoms with van der Waals surface area (Å²) in [5.41, 5.74) is 4.50. The van der Waals surface area contributed by atoms with Crippen molar-refractivity contribution in [1.29, 1.82) is 0 Å². The van der Waals surface area contributed by atoms with Crippen LogP contribution in [0.3, 0.4) is 0 Å². The summed E-state index contributed by atoms with van der Waals surface area (Å²) in [6.07, 6.45) is 5.56. The van der Waals surface area contributed by atoms with Gasteiger partial charge in [-0.3, -0.25) is 0 Å². The van der Waals surface area contributed by atoms with Crippen molar-refractivity contribution in [3.63, 3.8) is 0 Å². The van der Waals surface area contributed by atoms with Crippen molar-refractivity contribution in [1.82, 2.24) is 0 Å². The largest absolute Gasteiger partial charge is 0.375 e. The van der Waals surface area contributed by atoms with Crippen molar-refractivity contribution in [2.24, 2.45) is 5.73 Å². The lowest BCUT2D eigenvalue weighted by Gasteiger charge is -2.20. The third-order valence-corrected chi connectivity index (χ3v) is 2.21. The zero-order valence-electron chi connectivity index (χ0n) is 9.97. The Balaban J connectivity index is 0. The Kier molecular flexibility index (Phi) is 14.1. The summed E-state index contributed by atoms with van der Waals surface area (Å²) in [4.78, 5) is 0. The molecule has 0 aromatic heterocycles. The van der Waals surface area contributed by atoms with E-state index in [1.807, 2.05) is 0 Å². The van der Waals surface area contributed by atoms with Crippen LogP contribution in [0.1, 0.15) is 53.4 Å². The Morgan fingerprint density at radius 1 is 0.769 bits per heavy atom. The van der Waals surface area contributed by atoms with E-state index in [9.17, 15) is 0 Å². The van der Waals surface area contributed by atoms with E-state index in [-0.39, 0.29) is 0 Å². The minimum absolute atomic E-state index is 0.486. The molecule has 0 spiro atoms. The molecule has 0 heterocycles. The highest BCUT2D eigenvalue weighted by Gasteiger charge is 2.09. The predicted octanol–water partition coefficient (Wildman–Crippen LogP) is 2.96. The maximum absolute atomic E-state index is 5.85. The molecule has 2 N–H and O–H groups in total. The monoisotopic (exact) mass is 189 g/mol. The smallest absolute Gasteiger partial charge is 0.0573 e. The van der Waals surface area contributed by atoms with Gasteiger partial charge in [0.25, 0.3) is 0 Å². The molecule has 0 saturated heterocycles. The summed E-state index contributed by atoms with van der Waals surface area (Å²) in [5.74, 6) is 0. The second-order valence-electron chi connectivity index (χ2n) is 3.01. The maximum Gasteiger partial charge on any atom is 0.0573 e. The maximum atomic E-state index is 5.85. The average molecular weight is 189 g/mol. The lowest BCUT2D eigenvalue weighted by Crippen LogP contribution is -2.19. The summed E-state index contributed by atoms with van der Waals surface area (Å²) in [6.45, 7) is 8.76. The Morgan fingerprint density at radius 3 is 1.15 bits per heavy atom. The highest BCUT2D eigenvalue weighted by molar-refractivity contribution is 4.58. The van der Waals surface area contributed by atoms with E-state index < -0.39 is 0 Å². The number of ether oxygens (including phenoxy) is 1. The van der Waals surface area contributed by atoms with Gasteiger partial charge in [-0.1, -0.05) is 27.7 Å². The van der Waals surface area contributed by atoms with Gasteiger partial charge in [0, 0.05) is 0 Å². The minimum atomic E-state index is 0.486. The van der Waals surface area contributed by atoms with Crippen LogP contribution in [-0.4, -0.2) is 19.3 Å². The summed E-state index contributed by atoms with van der Waals surface area (Å²) < 4.78 is 5.85. The van der Waals surface area contributed by atoms with Crippen molar-refractivity contribution in [2.75, 3.05) is 7.05 Å². The molecule has 0 atom stereocenters. The Hall–Kier alpha value is -0.0800. The molecule has 0 radical (unpaired) electrons. The standard InChI is InChI=1S/C10H22O.CH5N/c1-5-9(6-2)11-10(7-3)8-4;1-2/h9-10H,5-8H2,1-4H3;2H2,1H3. The van der Waals surface area contributed by atoms with Gasteiger partial charge in [0.05, 0.1) is 12.2 Å². The van der Waals surface area contributed by atoms with Gasteiger partial charge >= 0.3 is 0 Å². The van der Waals surface area contributed by atoms with E-state index in [2.05, 4.69) is 33.4 Å². The molecule has 0 bridgehead atoms. The number of hydrogen-bond donors (Lipinski definition) is 1. The molecule has 0 saturated carbocycles. The first-order valence-electron chi connectivity index (χ1n) is 5.51. The molecule has 0 unspecified atom stereocenters. The third-order valence-electron chi connectivity index (χ3n) is 2.21. The van der Waals surface area contributed by atoms with Crippen LogP contribution in [0.2, 0.25) is 0 Å². The van der Waals surface area contributed by atoms with Crippen LogP contribution in [0, 0.1) is 0 Å². The quantitative estimate of drug-likeness (QED) is 0.697. The van der Waals surface area contributed by atoms with Crippen LogP contribution < -0.4 is 5.73 Å². The lowest BCUT2D eigenvalue weighted by molar-refractivity contribution is -0.0188. The molecule has 13 heavy (non-hydrogen) atoms. The van der Waals surface area contributed by atoms with Crippen LogP contribution in [-0.2, 0) is 4.74 Å². The van der Waals surface area contributed by atoms with Crippen LogP contribution in [0.25, 0.3) is 0 Å². The van der Waals surface area contributed by atoms with Gasteiger partial charge in [-0.2, -0.15) is 0 Å². The zero-order chi connectivity index (χ0) is 10.7. The fourth-order valence-electron chi connectivity index (χ4n) is 1.23. The van der Waals surface area contributed by atoms with Crippen molar-refractivity contribution < 1.29 is 4.74 Å². The van der Waals surface area contributed by atoms with E-state index in [1.165, 1.54) is 7.05 Å². The molecule has 0 aliphatic carbocycles. The molecule has 0 fully saturated rings. The van der Waals surface area contributed by atoms with Crippen molar-refractivity contribution in [3.05, 3.63) is 0 Å². The van der Waals surface area contributed by atoms with E-state index in [0.717, 1.165) is 25.7 Å². The molecule has 0 amide bonds. The van der Waals surface area contributed by atoms with E-state index in [4.69, 9.17) is 4.74 Å². The highest BCUT2D eigenvalue weighted by atomic mass is 16.5. The molecule has 0 aromatic carbocycles. The third kappa shape index (κ3) is 8.26. The van der Waals surface area contributed by atoms with Crippen molar-refractivity contribution in [2.45, 2.75) is 65.6 Å².